The highest BCUT2D eigenvalue weighted by atomic mass is 19.4. The van der Waals surface area contributed by atoms with Gasteiger partial charge in [-0.3, -0.25) is 4.90 Å². The van der Waals surface area contributed by atoms with Crippen molar-refractivity contribution in [3.8, 4) is 0 Å². The Bertz CT molecular complexity index is 1160. The Morgan fingerprint density at radius 3 is 2.02 bits per heavy atom. The van der Waals surface area contributed by atoms with Crippen molar-refractivity contribution in [2.24, 2.45) is 11.7 Å². The van der Waals surface area contributed by atoms with Gasteiger partial charge in [-0.1, -0.05) is 36.4 Å². The average molecular weight is 603 g/mol. The van der Waals surface area contributed by atoms with Crippen molar-refractivity contribution >= 4 is 11.7 Å². The zero-order valence-electron chi connectivity index (χ0n) is 23.0. The second-order valence-electron chi connectivity index (χ2n) is 11.3. The number of anilines is 1. The number of nitrogens with zero attached hydrogens (tertiary/aromatic N) is 1. The molecule has 2 amide bonds. The molecule has 2 aliphatic rings. The summed E-state index contributed by atoms with van der Waals surface area (Å²) in [5, 5.41) is 15.2. The van der Waals surface area contributed by atoms with Crippen LogP contribution in [0.2, 0.25) is 0 Å². The molecule has 0 atom stereocenters. The SMILES string of the molecule is NC1(CNC(=O)Nc2ccc(CC3CCN(Cc4ccc(C(O)(C(F)(F)F)C(F)(F)F)cc4)CC3)cc2)CCOCC1. The minimum atomic E-state index is -5.90. The van der Waals surface area contributed by atoms with Crippen molar-refractivity contribution in [2.75, 3.05) is 38.2 Å². The first kappa shape index (κ1) is 32.1. The summed E-state index contributed by atoms with van der Waals surface area (Å²) in [4.78, 5) is 14.4. The summed E-state index contributed by atoms with van der Waals surface area (Å²) < 4.78 is 84.0. The Hall–Kier alpha value is -2.87. The molecule has 4 rings (SSSR count). The van der Waals surface area contributed by atoms with Crippen molar-refractivity contribution in [3.05, 3.63) is 65.2 Å². The van der Waals surface area contributed by atoms with Gasteiger partial charge in [0.05, 0.1) is 0 Å². The average Bonchev–Trinajstić information content (AvgIpc) is 2.93. The normalized spacial score (nSPS) is 19.0. The van der Waals surface area contributed by atoms with Gasteiger partial charge in [-0.2, -0.15) is 26.3 Å². The molecule has 0 spiro atoms. The first-order chi connectivity index (χ1) is 19.7. The number of piperidine rings is 1. The lowest BCUT2D eigenvalue weighted by molar-refractivity contribution is -0.376. The second kappa shape index (κ2) is 12.8. The van der Waals surface area contributed by atoms with Gasteiger partial charge in [0.15, 0.2) is 0 Å². The van der Waals surface area contributed by atoms with Crippen molar-refractivity contribution in [1.29, 1.82) is 0 Å². The number of nitrogens with two attached hydrogens (primary N) is 1. The molecule has 0 aromatic heterocycles. The molecule has 2 fully saturated rings. The van der Waals surface area contributed by atoms with Crippen molar-refractivity contribution in [3.63, 3.8) is 0 Å². The molecular weight excluding hydrogens is 566 g/mol. The maximum absolute atomic E-state index is 13.1. The van der Waals surface area contributed by atoms with Gasteiger partial charge in [-0.15, -0.1) is 0 Å². The first-order valence-electron chi connectivity index (χ1n) is 13.9. The number of aliphatic hydroxyl groups is 1. The van der Waals surface area contributed by atoms with Crippen LogP contribution < -0.4 is 16.4 Å². The van der Waals surface area contributed by atoms with E-state index in [1.54, 1.807) is 0 Å². The smallest absolute Gasteiger partial charge is 0.381 e. The van der Waals surface area contributed by atoms with E-state index in [1.807, 2.05) is 24.3 Å². The minimum absolute atomic E-state index is 0.322. The zero-order valence-corrected chi connectivity index (χ0v) is 23.0. The van der Waals surface area contributed by atoms with Crippen LogP contribution in [0.4, 0.5) is 36.8 Å². The molecule has 0 saturated carbocycles. The van der Waals surface area contributed by atoms with E-state index in [0.29, 0.717) is 68.4 Å². The molecule has 2 heterocycles. The van der Waals surface area contributed by atoms with Crippen LogP contribution in [-0.4, -0.2) is 66.8 Å². The van der Waals surface area contributed by atoms with Crippen molar-refractivity contribution in [1.82, 2.24) is 10.2 Å². The summed E-state index contributed by atoms with van der Waals surface area (Å²) in [7, 11) is 0. The number of likely N-dealkylation sites (tertiary alicyclic amines) is 1. The maximum Gasteiger partial charge on any atom is 0.430 e. The van der Waals surface area contributed by atoms with Gasteiger partial charge in [-0.05, 0) is 74.4 Å². The fraction of sp³-hybridized carbons (Fsp3) is 0.552. The highest BCUT2D eigenvalue weighted by Crippen LogP contribution is 2.50. The predicted octanol–water partition coefficient (Wildman–Crippen LogP) is 5.08. The van der Waals surface area contributed by atoms with Crippen LogP contribution in [0.1, 0.15) is 42.4 Å². The number of urea groups is 1. The van der Waals surface area contributed by atoms with Gasteiger partial charge in [0.1, 0.15) is 0 Å². The van der Waals surface area contributed by atoms with Gasteiger partial charge < -0.3 is 26.2 Å². The van der Waals surface area contributed by atoms with E-state index in [1.165, 1.54) is 12.1 Å². The van der Waals surface area contributed by atoms with Crippen molar-refractivity contribution in [2.45, 2.75) is 62.1 Å². The second-order valence-corrected chi connectivity index (χ2v) is 11.3. The number of amides is 2. The highest BCUT2D eigenvalue weighted by molar-refractivity contribution is 5.89. The van der Waals surface area contributed by atoms with Crippen LogP contribution in [0, 0.1) is 5.92 Å². The number of carbonyl (C=O) groups excluding carboxylic acids is 1. The molecule has 2 aromatic carbocycles. The number of benzene rings is 2. The molecule has 42 heavy (non-hydrogen) atoms. The van der Waals surface area contributed by atoms with E-state index in [4.69, 9.17) is 10.5 Å². The third-order valence-electron chi connectivity index (χ3n) is 8.13. The van der Waals surface area contributed by atoms with Crippen LogP contribution >= 0.6 is 0 Å². The van der Waals surface area contributed by atoms with E-state index in [9.17, 15) is 36.2 Å². The van der Waals surface area contributed by atoms with Crippen LogP contribution in [0.15, 0.2) is 48.5 Å². The summed E-state index contributed by atoms with van der Waals surface area (Å²) in [6.45, 7) is 3.38. The third kappa shape index (κ3) is 7.74. The lowest BCUT2D eigenvalue weighted by Gasteiger charge is -2.33. The van der Waals surface area contributed by atoms with Crippen molar-refractivity contribution < 1.29 is 41.0 Å². The topological polar surface area (TPSA) is 99.8 Å². The lowest BCUT2D eigenvalue weighted by Crippen LogP contribution is -2.54. The predicted molar refractivity (Wildman–Crippen MR) is 145 cm³/mol. The van der Waals surface area contributed by atoms with Crippen LogP contribution in [0.5, 0.6) is 0 Å². The van der Waals surface area contributed by atoms with Crippen LogP contribution in [0.3, 0.4) is 0 Å². The molecule has 0 bridgehead atoms. The monoisotopic (exact) mass is 602 g/mol. The standard InChI is InChI=1S/C29H36F6N4O3/c30-28(31,32)27(41,29(33,34)35)23-5-1-22(2-6-23)18-39-13-9-21(10-14-39)17-20-3-7-24(8-4-20)38-25(40)37-19-26(36)11-15-42-16-12-26/h1-8,21,41H,9-19,36H2,(H2,37,38,40). The molecule has 0 radical (unpaired) electrons. The molecule has 2 saturated heterocycles. The number of hydrogen-bond acceptors (Lipinski definition) is 5. The first-order valence-corrected chi connectivity index (χ1v) is 13.9. The number of carbonyl (C=O) groups is 1. The largest absolute Gasteiger partial charge is 0.430 e. The molecule has 7 nitrogen and oxygen atoms in total. The van der Waals surface area contributed by atoms with Gasteiger partial charge >= 0.3 is 18.4 Å². The fourth-order valence-electron chi connectivity index (χ4n) is 5.39. The van der Waals surface area contributed by atoms with Gasteiger partial charge in [0.2, 0.25) is 0 Å². The van der Waals surface area contributed by atoms with Gasteiger partial charge in [0.25, 0.3) is 5.60 Å². The van der Waals surface area contributed by atoms with E-state index < -0.39 is 29.1 Å². The fourth-order valence-corrected chi connectivity index (χ4v) is 5.39. The quantitative estimate of drug-likeness (QED) is 0.316. The number of ether oxygens (including phenoxy) is 1. The molecule has 232 valence electrons. The number of rotatable bonds is 8. The molecule has 2 aliphatic heterocycles. The maximum atomic E-state index is 13.1. The van der Waals surface area contributed by atoms with Gasteiger partial charge in [-0.25, -0.2) is 4.79 Å². The highest BCUT2D eigenvalue weighted by Gasteiger charge is 2.71. The molecule has 5 N–H and O–H groups in total. The Balaban J connectivity index is 1.21. The summed E-state index contributed by atoms with van der Waals surface area (Å²) in [6.07, 6.45) is -7.81. The third-order valence-corrected chi connectivity index (χ3v) is 8.13. The minimum Gasteiger partial charge on any atom is -0.381 e. The lowest BCUT2D eigenvalue weighted by atomic mass is 9.89. The number of nitrogens with one attached hydrogen (secondary N) is 2. The zero-order chi connectivity index (χ0) is 30.6. The number of alkyl halides is 6. The summed E-state index contributed by atoms with van der Waals surface area (Å²) in [5.41, 5.74) is 2.01. The Morgan fingerprint density at radius 2 is 1.48 bits per heavy atom. The van der Waals surface area contributed by atoms with Gasteiger partial charge in [0, 0.05) is 43.1 Å². The molecular formula is C29H36F6N4O3. The van der Waals surface area contributed by atoms with E-state index in [-0.39, 0.29) is 6.03 Å². The molecule has 0 unspecified atom stereocenters. The van der Waals surface area contributed by atoms with E-state index in [2.05, 4.69) is 15.5 Å². The Kier molecular flexibility index (Phi) is 9.75. The summed E-state index contributed by atoms with van der Waals surface area (Å²) >= 11 is 0. The van der Waals surface area contributed by atoms with E-state index in [0.717, 1.165) is 37.9 Å². The molecule has 0 aliphatic carbocycles. The molecule has 13 heteroatoms. The number of hydrogen-bond donors (Lipinski definition) is 4. The van der Waals surface area contributed by atoms with Crippen LogP contribution in [-0.2, 0) is 23.3 Å². The summed E-state index contributed by atoms with van der Waals surface area (Å²) in [5.74, 6) is 0.416. The van der Waals surface area contributed by atoms with Crippen LogP contribution in [0.25, 0.3) is 0 Å². The Labute approximate surface area is 240 Å². The van der Waals surface area contributed by atoms with E-state index >= 15 is 0 Å². The molecule has 2 aromatic rings. The summed E-state index contributed by atoms with van der Waals surface area (Å²) in [6, 6.07) is 11.1. The number of halogens is 6. The Morgan fingerprint density at radius 1 is 0.929 bits per heavy atom.